The number of nitrogens with zero attached hydrogens (tertiary/aromatic N) is 3. The van der Waals surface area contributed by atoms with Crippen molar-refractivity contribution in [2.75, 3.05) is 32.9 Å². The van der Waals surface area contributed by atoms with E-state index in [1.807, 2.05) is 6.92 Å². The van der Waals surface area contributed by atoms with E-state index in [1.165, 1.54) is 23.2 Å². The summed E-state index contributed by atoms with van der Waals surface area (Å²) in [5, 5.41) is 3.37. The molecule has 4 rings (SSSR count). The van der Waals surface area contributed by atoms with E-state index < -0.39 is 31.1 Å². The van der Waals surface area contributed by atoms with E-state index in [9.17, 15) is 26.3 Å². The van der Waals surface area contributed by atoms with Gasteiger partial charge in [-0.3, -0.25) is 14.3 Å². The molecule has 12 heteroatoms. The molecule has 1 N–H and O–H groups in total. The molecule has 0 amide bonds. The lowest BCUT2D eigenvalue weighted by Gasteiger charge is -2.42. The SMILES string of the molecule is C=C(/N=C\C(=C/C)N[C@H]1CCN(CCCF)C1)[C@@H]1c2cc3c(cc2C[C@@H](C)N1CC(F)(F)F)OC(F)(F)O3. The van der Waals surface area contributed by atoms with Gasteiger partial charge in [0, 0.05) is 43.6 Å². The van der Waals surface area contributed by atoms with E-state index in [-0.39, 0.29) is 36.3 Å². The fourth-order valence-electron chi connectivity index (χ4n) is 5.27. The van der Waals surface area contributed by atoms with E-state index in [2.05, 4.69) is 31.3 Å². The third-order valence-electron chi connectivity index (χ3n) is 6.98. The monoisotopic (exact) mass is 546 g/mol. The molecule has 1 saturated heterocycles. The van der Waals surface area contributed by atoms with Crippen LogP contribution in [0, 0.1) is 0 Å². The molecule has 0 aromatic heterocycles. The second-order valence-electron chi connectivity index (χ2n) is 9.88. The molecular weight excluding hydrogens is 514 g/mol. The normalized spacial score (nSPS) is 25.7. The van der Waals surface area contributed by atoms with Gasteiger partial charge >= 0.3 is 12.5 Å². The van der Waals surface area contributed by atoms with Crippen LogP contribution in [0.15, 0.2) is 41.2 Å². The van der Waals surface area contributed by atoms with Gasteiger partial charge in [-0.2, -0.15) is 13.2 Å². The van der Waals surface area contributed by atoms with Crippen LogP contribution in [0.1, 0.15) is 43.9 Å². The summed E-state index contributed by atoms with van der Waals surface area (Å²) in [7, 11) is 0. The first-order valence-electron chi connectivity index (χ1n) is 12.6. The number of aliphatic imine (C=N–C) groups is 1. The molecule has 3 atom stereocenters. The Bertz CT molecular complexity index is 1090. The maximum absolute atomic E-state index is 13.7. The van der Waals surface area contributed by atoms with Crippen LogP contribution in [-0.2, 0) is 6.42 Å². The van der Waals surface area contributed by atoms with Crippen molar-refractivity contribution in [3.63, 3.8) is 0 Å². The number of allylic oxidation sites excluding steroid dienone is 2. The zero-order valence-electron chi connectivity index (χ0n) is 21.3. The average molecular weight is 547 g/mol. The molecule has 3 heterocycles. The highest BCUT2D eigenvalue weighted by Crippen LogP contribution is 2.48. The van der Waals surface area contributed by atoms with Crippen LogP contribution in [0.4, 0.5) is 26.3 Å². The summed E-state index contributed by atoms with van der Waals surface area (Å²) >= 11 is 0. The summed E-state index contributed by atoms with van der Waals surface area (Å²) in [6.45, 7) is 8.12. The molecule has 1 aromatic carbocycles. The first-order valence-corrected chi connectivity index (χ1v) is 12.6. The van der Waals surface area contributed by atoms with Gasteiger partial charge in [-0.25, -0.2) is 0 Å². The standard InChI is InChI=1S/C26H32F6N4O2/c1-4-19(34-20-6-9-35(14-20)8-5-7-27)13-33-17(3)24-21-12-23-22(37-26(31,32)38-23)11-18(21)10-16(2)36(24)15-25(28,29)30/h4,11-13,16,20,24,34H,3,5-10,14-15H2,1-2H3/b19-4+,33-13-/t16-,20+,24-/m1/s1. The Morgan fingerprint density at radius 3 is 2.63 bits per heavy atom. The van der Waals surface area contributed by atoms with Gasteiger partial charge in [-0.05, 0) is 56.4 Å². The van der Waals surface area contributed by atoms with Gasteiger partial charge in [0.25, 0.3) is 0 Å². The van der Waals surface area contributed by atoms with E-state index in [4.69, 9.17) is 0 Å². The Hall–Kier alpha value is -2.73. The van der Waals surface area contributed by atoms with E-state index in [0.29, 0.717) is 29.8 Å². The highest BCUT2D eigenvalue weighted by atomic mass is 19.4. The molecule has 1 fully saturated rings. The van der Waals surface area contributed by atoms with Crippen molar-refractivity contribution in [3.8, 4) is 11.5 Å². The van der Waals surface area contributed by atoms with Crippen LogP contribution in [-0.4, -0.2) is 73.4 Å². The van der Waals surface area contributed by atoms with Crippen molar-refractivity contribution < 1.29 is 35.8 Å². The number of halogens is 6. The van der Waals surface area contributed by atoms with Crippen molar-refractivity contribution >= 4 is 6.21 Å². The Labute approximate surface area is 218 Å². The number of fused-ring (bicyclic) bond motifs is 2. The van der Waals surface area contributed by atoms with Crippen molar-refractivity contribution in [2.45, 2.75) is 63.7 Å². The molecule has 6 nitrogen and oxygen atoms in total. The molecule has 0 bridgehead atoms. The van der Waals surface area contributed by atoms with Crippen LogP contribution in [0.25, 0.3) is 0 Å². The quantitative estimate of drug-likeness (QED) is 0.334. The maximum Gasteiger partial charge on any atom is 0.586 e. The third-order valence-corrected chi connectivity index (χ3v) is 6.98. The summed E-state index contributed by atoms with van der Waals surface area (Å²) < 4.78 is 89.6. The van der Waals surface area contributed by atoms with Gasteiger partial charge in [-0.15, -0.1) is 8.78 Å². The molecule has 0 radical (unpaired) electrons. The van der Waals surface area contributed by atoms with Gasteiger partial charge in [-0.1, -0.05) is 12.7 Å². The van der Waals surface area contributed by atoms with E-state index >= 15 is 0 Å². The minimum Gasteiger partial charge on any atom is -0.395 e. The summed E-state index contributed by atoms with van der Waals surface area (Å²) in [6.07, 6.45) is -3.48. The smallest absolute Gasteiger partial charge is 0.395 e. The summed E-state index contributed by atoms with van der Waals surface area (Å²) in [6, 6.07) is 1.22. The summed E-state index contributed by atoms with van der Waals surface area (Å²) in [5.41, 5.74) is 1.73. The zero-order valence-corrected chi connectivity index (χ0v) is 21.3. The van der Waals surface area contributed by atoms with Gasteiger partial charge < -0.3 is 19.7 Å². The van der Waals surface area contributed by atoms with Gasteiger partial charge in [0.1, 0.15) is 0 Å². The lowest BCUT2D eigenvalue weighted by Crippen LogP contribution is -2.47. The summed E-state index contributed by atoms with van der Waals surface area (Å²) in [5.74, 6) is -0.401. The second kappa shape index (κ2) is 11.2. The van der Waals surface area contributed by atoms with E-state index in [1.54, 1.807) is 13.0 Å². The number of benzene rings is 1. The third kappa shape index (κ3) is 6.63. The van der Waals surface area contributed by atoms with Gasteiger partial charge in [0.05, 0.1) is 25.0 Å². The van der Waals surface area contributed by atoms with Gasteiger partial charge in [0.2, 0.25) is 0 Å². The average Bonchev–Trinajstić information content (AvgIpc) is 3.40. The molecule has 0 saturated carbocycles. The highest BCUT2D eigenvalue weighted by Gasteiger charge is 2.46. The largest absolute Gasteiger partial charge is 0.586 e. The van der Waals surface area contributed by atoms with Crippen LogP contribution in [0.3, 0.4) is 0 Å². The second-order valence-corrected chi connectivity index (χ2v) is 9.88. The molecule has 0 aliphatic carbocycles. The Kier molecular flexibility index (Phi) is 8.32. The number of likely N-dealkylation sites (tertiary alicyclic amines) is 1. The molecule has 3 aliphatic rings. The number of rotatable bonds is 9. The molecule has 210 valence electrons. The molecule has 3 aliphatic heterocycles. The molecule has 0 unspecified atom stereocenters. The zero-order chi connectivity index (χ0) is 27.7. The molecule has 38 heavy (non-hydrogen) atoms. The van der Waals surface area contributed by atoms with Crippen LogP contribution in [0.5, 0.6) is 11.5 Å². The molecule has 0 spiro atoms. The lowest BCUT2D eigenvalue weighted by molar-refractivity contribution is -0.286. The number of alkyl halides is 6. The lowest BCUT2D eigenvalue weighted by atomic mass is 9.86. The van der Waals surface area contributed by atoms with Crippen molar-refractivity contribution in [3.05, 3.63) is 47.3 Å². The van der Waals surface area contributed by atoms with Crippen molar-refractivity contribution in [1.82, 2.24) is 15.1 Å². The first-order chi connectivity index (χ1) is 17.9. The fourth-order valence-corrected chi connectivity index (χ4v) is 5.27. The van der Waals surface area contributed by atoms with Crippen molar-refractivity contribution in [2.24, 2.45) is 4.99 Å². The predicted octanol–water partition coefficient (Wildman–Crippen LogP) is 5.37. The number of hydrogen-bond acceptors (Lipinski definition) is 6. The summed E-state index contributed by atoms with van der Waals surface area (Å²) in [4.78, 5) is 7.82. The number of hydrogen-bond donors (Lipinski definition) is 1. The Balaban J connectivity index is 1.56. The maximum atomic E-state index is 13.7. The number of ether oxygens (including phenoxy) is 2. The topological polar surface area (TPSA) is 49.3 Å². The first kappa shape index (κ1) is 28.3. The molecular formula is C26H32F6N4O2. The van der Waals surface area contributed by atoms with Crippen LogP contribution >= 0.6 is 0 Å². The van der Waals surface area contributed by atoms with Gasteiger partial charge in [0.15, 0.2) is 11.5 Å². The number of nitrogens with one attached hydrogen (secondary N) is 1. The fraction of sp³-hybridized carbons (Fsp3) is 0.577. The molecule has 1 aromatic rings. The minimum atomic E-state index is -4.50. The van der Waals surface area contributed by atoms with Crippen LogP contribution in [0.2, 0.25) is 0 Å². The van der Waals surface area contributed by atoms with Crippen LogP contribution < -0.4 is 14.8 Å². The Morgan fingerprint density at radius 1 is 1.26 bits per heavy atom. The minimum absolute atomic E-state index is 0.124. The van der Waals surface area contributed by atoms with E-state index in [0.717, 1.165) is 19.5 Å². The predicted molar refractivity (Wildman–Crippen MR) is 131 cm³/mol. The Morgan fingerprint density at radius 2 is 1.97 bits per heavy atom. The van der Waals surface area contributed by atoms with Crippen molar-refractivity contribution in [1.29, 1.82) is 0 Å². The highest BCUT2D eigenvalue weighted by molar-refractivity contribution is 5.78.